The summed E-state index contributed by atoms with van der Waals surface area (Å²) in [5.74, 6) is -0.618. The summed E-state index contributed by atoms with van der Waals surface area (Å²) in [7, 11) is 0. The summed E-state index contributed by atoms with van der Waals surface area (Å²) >= 11 is 0. The van der Waals surface area contributed by atoms with Gasteiger partial charge in [0.05, 0.1) is 5.56 Å². The predicted octanol–water partition coefficient (Wildman–Crippen LogP) is 3.69. The summed E-state index contributed by atoms with van der Waals surface area (Å²) in [6.45, 7) is 1.69. The summed E-state index contributed by atoms with van der Waals surface area (Å²) in [6, 6.07) is 12.9. The maximum Gasteiger partial charge on any atom is 0.433 e. The van der Waals surface area contributed by atoms with Crippen molar-refractivity contribution in [1.29, 1.82) is 0 Å². The van der Waals surface area contributed by atoms with E-state index in [0.29, 0.717) is 16.8 Å². The summed E-state index contributed by atoms with van der Waals surface area (Å²) in [6.07, 6.45) is -3.71. The van der Waals surface area contributed by atoms with Crippen molar-refractivity contribution in [3.63, 3.8) is 0 Å². The lowest BCUT2D eigenvalue weighted by molar-refractivity contribution is -0.141. The number of halogens is 3. The first-order chi connectivity index (χ1) is 13.3. The molecule has 0 fully saturated rings. The molecule has 0 saturated carbocycles. The Morgan fingerprint density at radius 3 is 2.43 bits per heavy atom. The third-order valence-electron chi connectivity index (χ3n) is 4.19. The van der Waals surface area contributed by atoms with Crippen LogP contribution in [0.4, 0.5) is 13.2 Å². The Labute approximate surface area is 158 Å². The van der Waals surface area contributed by atoms with E-state index in [1.165, 1.54) is 0 Å². The van der Waals surface area contributed by atoms with E-state index < -0.39 is 17.8 Å². The molecule has 5 nitrogen and oxygen atoms in total. The molecule has 3 aromatic rings. The number of alkyl halides is 3. The number of amides is 1. The van der Waals surface area contributed by atoms with Crippen molar-refractivity contribution in [3.05, 3.63) is 87.5 Å². The molecule has 2 heterocycles. The van der Waals surface area contributed by atoms with E-state index in [0.717, 1.165) is 23.9 Å². The van der Waals surface area contributed by atoms with Gasteiger partial charge in [0.1, 0.15) is 5.69 Å². The van der Waals surface area contributed by atoms with Crippen LogP contribution < -0.4 is 10.9 Å². The monoisotopic (exact) mass is 387 g/mol. The largest absolute Gasteiger partial charge is 0.433 e. The maximum absolute atomic E-state index is 12.5. The lowest BCUT2D eigenvalue weighted by Gasteiger charge is -2.10. The van der Waals surface area contributed by atoms with Crippen molar-refractivity contribution < 1.29 is 18.0 Å². The number of aromatic amines is 1. The number of carbonyl (C=O) groups is 1. The number of nitrogens with zero attached hydrogens (tertiary/aromatic N) is 1. The summed E-state index contributed by atoms with van der Waals surface area (Å²) in [5.41, 5.74) is 1.13. The van der Waals surface area contributed by atoms with E-state index in [-0.39, 0.29) is 17.7 Å². The average molecular weight is 387 g/mol. The fourth-order valence-electron chi connectivity index (χ4n) is 2.68. The highest BCUT2D eigenvalue weighted by molar-refractivity contribution is 5.93. The van der Waals surface area contributed by atoms with Gasteiger partial charge >= 0.3 is 6.18 Å². The molecule has 0 radical (unpaired) electrons. The van der Waals surface area contributed by atoms with Gasteiger partial charge in [-0.3, -0.25) is 14.6 Å². The van der Waals surface area contributed by atoms with Gasteiger partial charge < -0.3 is 10.3 Å². The van der Waals surface area contributed by atoms with E-state index >= 15 is 0 Å². The molecular formula is C20H16F3N3O2. The highest BCUT2D eigenvalue weighted by atomic mass is 19.4. The molecule has 0 aliphatic heterocycles. The molecule has 8 heteroatoms. The van der Waals surface area contributed by atoms with Crippen LogP contribution in [0, 0.1) is 6.92 Å². The lowest BCUT2D eigenvalue weighted by atomic mass is 10.1. The molecule has 0 aliphatic carbocycles. The molecule has 1 aromatic carbocycles. The minimum atomic E-state index is -4.57. The van der Waals surface area contributed by atoms with Gasteiger partial charge in [0.2, 0.25) is 0 Å². The second-order valence-corrected chi connectivity index (χ2v) is 6.15. The molecule has 0 spiro atoms. The molecule has 2 N–H and O–H groups in total. The predicted molar refractivity (Wildman–Crippen MR) is 97.6 cm³/mol. The van der Waals surface area contributed by atoms with Gasteiger partial charge in [0.25, 0.3) is 11.5 Å². The second kappa shape index (κ2) is 7.67. The quantitative estimate of drug-likeness (QED) is 0.717. The average Bonchev–Trinajstić information content (AvgIpc) is 2.67. The van der Waals surface area contributed by atoms with Crippen LogP contribution in [0.3, 0.4) is 0 Å². The van der Waals surface area contributed by atoms with Gasteiger partial charge in [-0.15, -0.1) is 0 Å². The Morgan fingerprint density at radius 2 is 1.86 bits per heavy atom. The minimum absolute atomic E-state index is 0.0250. The van der Waals surface area contributed by atoms with Crippen molar-refractivity contribution in [2.45, 2.75) is 19.6 Å². The van der Waals surface area contributed by atoms with E-state index in [4.69, 9.17) is 0 Å². The van der Waals surface area contributed by atoms with Crippen LogP contribution in [0.25, 0.3) is 11.3 Å². The van der Waals surface area contributed by atoms with Gasteiger partial charge in [0, 0.05) is 24.0 Å². The first-order valence-electron chi connectivity index (χ1n) is 8.35. The number of H-pyrrole nitrogens is 1. The van der Waals surface area contributed by atoms with Gasteiger partial charge in [0.15, 0.2) is 0 Å². The Morgan fingerprint density at radius 1 is 1.14 bits per heavy atom. The number of nitrogens with one attached hydrogen (secondary N) is 2. The summed E-state index contributed by atoms with van der Waals surface area (Å²) in [5, 5.41) is 2.53. The molecule has 28 heavy (non-hydrogen) atoms. The Hall–Kier alpha value is -3.42. The van der Waals surface area contributed by atoms with Crippen LogP contribution in [-0.4, -0.2) is 15.9 Å². The SMILES string of the molecule is Cc1cc(-c2ccccc2)[nH]c(=O)c1CNC(=O)c1ccc(C(F)(F)F)nc1. The van der Waals surface area contributed by atoms with Gasteiger partial charge in [-0.2, -0.15) is 13.2 Å². The molecule has 3 rings (SSSR count). The van der Waals surface area contributed by atoms with E-state index in [1.807, 2.05) is 30.3 Å². The van der Waals surface area contributed by atoms with Crippen molar-refractivity contribution in [2.24, 2.45) is 0 Å². The smallest absolute Gasteiger partial charge is 0.348 e. The van der Waals surface area contributed by atoms with Crippen LogP contribution in [0.15, 0.2) is 59.5 Å². The Balaban J connectivity index is 1.74. The van der Waals surface area contributed by atoms with Gasteiger partial charge in [-0.1, -0.05) is 30.3 Å². The van der Waals surface area contributed by atoms with Gasteiger partial charge in [-0.05, 0) is 36.2 Å². The van der Waals surface area contributed by atoms with Crippen LogP contribution in [-0.2, 0) is 12.7 Å². The molecule has 0 saturated heterocycles. The maximum atomic E-state index is 12.5. The number of carbonyl (C=O) groups excluding carboxylic acids is 1. The highest BCUT2D eigenvalue weighted by Crippen LogP contribution is 2.27. The zero-order valence-corrected chi connectivity index (χ0v) is 14.8. The fraction of sp³-hybridized carbons (Fsp3) is 0.150. The van der Waals surface area contributed by atoms with Gasteiger partial charge in [-0.25, -0.2) is 0 Å². The van der Waals surface area contributed by atoms with Crippen molar-refractivity contribution in [1.82, 2.24) is 15.3 Å². The molecule has 2 aromatic heterocycles. The fourth-order valence-corrected chi connectivity index (χ4v) is 2.68. The number of pyridine rings is 2. The third-order valence-corrected chi connectivity index (χ3v) is 4.19. The van der Waals surface area contributed by atoms with E-state index in [2.05, 4.69) is 15.3 Å². The number of aryl methyl sites for hydroxylation is 1. The van der Waals surface area contributed by atoms with Crippen LogP contribution in [0.5, 0.6) is 0 Å². The Kier molecular flexibility index (Phi) is 5.30. The van der Waals surface area contributed by atoms with Crippen molar-refractivity contribution >= 4 is 5.91 Å². The number of benzene rings is 1. The van der Waals surface area contributed by atoms with Crippen molar-refractivity contribution in [3.8, 4) is 11.3 Å². The summed E-state index contributed by atoms with van der Waals surface area (Å²) in [4.78, 5) is 30.6. The normalized spacial score (nSPS) is 11.3. The Bertz CT molecular complexity index is 1040. The first kappa shape index (κ1) is 19.3. The van der Waals surface area contributed by atoms with Crippen LogP contribution in [0.2, 0.25) is 0 Å². The standard InChI is InChI=1S/C20H16F3N3O2/c1-12-9-16(13-5-3-2-4-6-13)26-19(28)15(12)11-25-18(27)14-7-8-17(24-10-14)20(21,22)23/h2-10H,11H2,1H3,(H,25,27)(H,26,28). The lowest BCUT2D eigenvalue weighted by Crippen LogP contribution is -2.28. The summed E-state index contributed by atoms with van der Waals surface area (Å²) < 4.78 is 37.6. The molecule has 144 valence electrons. The van der Waals surface area contributed by atoms with E-state index in [1.54, 1.807) is 13.0 Å². The van der Waals surface area contributed by atoms with Crippen LogP contribution in [0.1, 0.15) is 27.2 Å². The first-order valence-corrected chi connectivity index (χ1v) is 8.35. The minimum Gasteiger partial charge on any atom is -0.348 e. The third kappa shape index (κ3) is 4.28. The molecule has 0 unspecified atom stereocenters. The van der Waals surface area contributed by atoms with Crippen molar-refractivity contribution in [2.75, 3.05) is 0 Å². The molecule has 1 amide bonds. The van der Waals surface area contributed by atoms with E-state index in [9.17, 15) is 22.8 Å². The number of aromatic nitrogens is 2. The number of hydrogen-bond acceptors (Lipinski definition) is 3. The second-order valence-electron chi connectivity index (χ2n) is 6.15. The number of rotatable bonds is 4. The molecular weight excluding hydrogens is 371 g/mol. The number of hydrogen-bond donors (Lipinski definition) is 2. The zero-order chi connectivity index (χ0) is 20.3. The molecule has 0 atom stereocenters. The molecule has 0 aliphatic rings. The van der Waals surface area contributed by atoms with Crippen LogP contribution >= 0.6 is 0 Å². The topological polar surface area (TPSA) is 74.8 Å². The highest BCUT2D eigenvalue weighted by Gasteiger charge is 2.32. The molecule has 0 bridgehead atoms. The zero-order valence-electron chi connectivity index (χ0n) is 14.8.